The number of aromatic nitrogens is 3. The number of methoxy groups -OCH3 is 1. The summed E-state index contributed by atoms with van der Waals surface area (Å²) >= 11 is 14.0. The number of nitrogens with one attached hydrogen (secondary N) is 3. The van der Waals surface area contributed by atoms with Crippen LogP contribution in [0.25, 0.3) is 22.4 Å². The summed E-state index contributed by atoms with van der Waals surface area (Å²) in [6.45, 7) is 2.86. The van der Waals surface area contributed by atoms with Crippen molar-refractivity contribution in [2.24, 2.45) is 7.05 Å². The van der Waals surface area contributed by atoms with Crippen molar-refractivity contribution in [3.63, 3.8) is 0 Å². The summed E-state index contributed by atoms with van der Waals surface area (Å²) in [6.07, 6.45) is 5.30. The van der Waals surface area contributed by atoms with Gasteiger partial charge in [-0.2, -0.15) is 0 Å². The maximum Gasteiger partial charge on any atom is 0.291 e. The van der Waals surface area contributed by atoms with Crippen molar-refractivity contribution in [2.75, 3.05) is 39.1 Å². The molecule has 2 aromatic carbocycles. The van der Waals surface area contributed by atoms with E-state index in [0.29, 0.717) is 83.0 Å². The van der Waals surface area contributed by atoms with Gasteiger partial charge in [-0.25, -0.2) is 4.98 Å². The number of amides is 3. The molecule has 0 unspecified atom stereocenters. The zero-order valence-corrected chi connectivity index (χ0v) is 30.7. The predicted molar refractivity (Wildman–Crippen MR) is 200 cm³/mol. The van der Waals surface area contributed by atoms with Crippen LogP contribution in [0, 0.1) is 0 Å². The molecular weight excluding hydrogens is 703 g/mol. The van der Waals surface area contributed by atoms with Crippen molar-refractivity contribution in [1.82, 2.24) is 35.0 Å². The summed E-state index contributed by atoms with van der Waals surface area (Å²) in [5, 5.41) is 10.0. The highest BCUT2D eigenvalue weighted by atomic mass is 35.5. The molecule has 5 heterocycles. The summed E-state index contributed by atoms with van der Waals surface area (Å²) < 4.78 is 15.3. The standard InChI is InChI=1S/C38H42Cl2N8O4/c1-46-16-5-8-30(46)38(51)48-17-14-29-28(21-48)44-36(47(29)2)37(50)45-27-7-4-6-25(33(27)39)26-13-15-42-35(34(26)40)22-9-10-23(31(18-22)52-3)19-41-20-24-11-12-32(49)43-24/h4,6-7,9-10,13,15,18,24,30,41H,5,8,11-12,14,16-17,19-21H2,1-3H3,(H,43,49)(H,45,50)/t24-,30-/m0/s1/i1D. The number of hydrogen-bond donors (Lipinski definition) is 3. The van der Waals surface area contributed by atoms with Crippen LogP contribution >= 0.6 is 23.2 Å². The van der Waals surface area contributed by atoms with Crippen LogP contribution in [0.5, 0.6) is 5.75 Å². The highest BCUT2D eigenvalue weighted by Crippen LogP contribution is 2.41. The van der Waals surface area contributed by atoms with E-state index in [9.17, 15) is 14.4 Å². The van der Waals surface area contributed by atoms with Gasteiger partial charge in [0.05, 0.1) is 46.8 Å². The number of likely N-dealkylation sites (tertiary alicyclic amines) is 1. The SMILES string of the molecule is [2H]CN1CCC[C@H]1C(=O)N1CCc2c(nc(C(=O)Nc3cccc(-c4ccnc(-c5ccc(CNC[C@@H]6CCC(=O)N6)c(OC)c5)c4Cl)c3Cl)n2C)C1. The smallest absolute Gasteiger partial charge is 0.291 e. The first-order chi connectivity index (χ1) is 25.7. The summed E-state index contributed by atoms with van der Waals surface area (Å²) in [4.78, 5) is 51.5. The number of anilines is 1. The van der Waals surface area contributed by atoms with Crippen LogP contribution in [0.2, 0.25) is 10.0 Å². The van der Waals surface area contributed by atoms with Crippen molar-refractivity contribution < 1.29 is 20.5 Å². The molecule has 7 rings (SSSR count). The largest absolute Gasteiger partial charge is 0.496 e. The maximum absolute atomic E-state index is 13.7. The second-order valence-electron chi connectivity index (χ2n) is 13.5. The van der Waals surface area contributed by atoms with E-state index >= 15 is 0 Å². The van der Waals surface area contributed by atoms with E-state index in [1.165, 1.54) is 0 Å². The molecule has 14 heteroatoms. The fourth-order valence-electron chi connectivity index (χ4n) is 7.35. The Hall–Kier alpha value is -4.49. The average Bonchev–Trinajstić information content (AvgIpc) is 3.91. The molecular formula is C38H42Cl2N8O4. The Morgan fingerprint density at radius 3 is 2.73 bits per heavy atom. The first-order valence-electron chi connectivity index (χ1n) is 18.2. The van der Waals surface area contributed by atoms with Crippen molar-refractivity contribution in [2.45, 2.75) is 57.3 Å². The van der Waals surface area contributed by atoms with E-state index in [-0.39, 0.29) is 36.7 Å². The third kappa shape index (κ3) is 7.12. The van der Waals surface area contributed by atoms with Crippen LogP contribution in [0.1, 0.15) is 54.6 Å². The van der Waals surface area contributed by atoms with Crippen LogP contribution in [0.4, 0.5) is 5.69 Å². The second kappa shape index (κ2) is 15.2. The molecule has 2 fully saturated rings. The van der Waals surface area contributed by atoms with E-state index < -0.39 is 5.91 Å². The number of fused-ring (bicyclic) bond motifs is 1. The molecule has 3 aliphatic heterocycles. The molecule has 2 atom stereocenters. The van der Waals surface area contributed by atoms with Gasteiger partial charge in [0.2, 0.25) is 11.8 Å². The van der Waals surface area contributed by atoms with E-state index in [0.717, 1.165) is 42.6 Å². The van der Waals surface area contributed by atoms with Crippen molar-refractivity contribution in [1.29, 1.82) is 0 Å². The van der Waals surface area contributed by atoms with Gasteiger partial charge in [-0.1, -0.05) is 47.5 Å². The van der Waals surface area contributed by atoms with E-state index in [1.54, 1.807) is 41.0 Å². The van der Waals surface area contributed by atoms with Crippen molar-refractivity contribution >= 4 is 46.6 Å². The number of likely N-dealkylation sites (N-methyl/N-ethyl adjacent to an activating group) is 1. The van der Waals surface area contributed by atoms with Gasteiger partial charge in [0, 0.05) is 81.1 Å². The number of benzene rings is 2. The Morgan fingerprint density at radius 1 is 1.10 bits per heavy atom. The lowest BCUT2D eigenvalue weighted by Crippen LogP contribution is -2.46. The molecule has 0 aliphatic carbocycles. The van der Waals surface area contributed by atoms with Crippen molar-refractivity contribution in [3.8, 4) is 28.1 Å². The zero-order valence-electron chi connectivity index (χ0n) is 30.2. The van der Waals surface area contributed by atoms with Gasteiger partial charge in [-0.05, 0) is 51.0 Å². The molecule has 0 saturated carbocycles. The Balaban J connectivity index is 1.06. The van der Waals surface area contributed by atoms with Crippen molar-refractivity contribution in [3.05, 3.63) is 81.5 Å². The van der Waals surface area contributed by atoms with Crippen LogP contribution in [-0.4, -0.2) is 87.9 Å². The first kappa shape index (κ1) is 34.6. The first-order valence-corrected chi connectivity index (χ1v) is 18.2. The lowest BCUT2D eigenvalue weighted by atomic mass is 10.0. The summed E-state index contributed by atoms with van der Waals surface area (Å²) in [5.41, 5.74) is 5.54. The summed E-state index contributed by atoms with van der Waals surface area (Å²) in [6, 6.07) is 12.8. The van der Waals surface area contributed by atoms with Gasteiger partial charge in [-0.15, -0.1) is 0 Å². The number of nitrogens with zero attached hydrogens (tertiary/aromatic N) is 5. The number of hydrogen-bond acceptors (Lipinski definition) is 8. The van der Waals surface area contributed by atoms with Gasteiger partial charge in [0.15, 0.2) is 5.82 Å². The topological polar surface area (TPSA) is 134 Å². The van der Waals surface area contributed by atoms with E-state index in [1.807, 2.05) is 36.2 Å². The van der Waals surface area contributed by atoms with Gasteiger partial charge in [0.25, 0.3) is 5.91 Å². The normalized spacial score (nSPS) is 19.0. The van der Waals surface area contributed by atoms with E-state index in [4.69, 9.17) is 29.3 Å². The third-order valence-electron chi connectivity index (χ3n) is 10.2. The molecule has 12 nitrogen and oxygen atoms in total. The molecule has 0 radical (unpaired) electrons. The zero-order chi connectivity index (χ0) is 37.2. The minimum atomic E-state index is -0.425. The Bertz CT molecular complexity index is 2060. The molecule has 3 aliphatic rings. The predicted octanol–water partition coefficient (Wildman–Crippen LogP) is 5.06. The minimum Gasteiger partial charge on any atom is -0.496 e. The summed E-state index contributed by atoms with van der Waals surface area (Å²) in [5.74, 6) is 0.589. The molecule has 2 saturated heterocycles. The fraction of sp³-hybridized carbons (Fsp3) is 0.395. The van der Waals surface area contributed by atoms with Crippen LogP contribution < -0.4 is 20.7 Å². The molecule has 3 amide bonds. The lowest BCUT2D eigenvalue weighted by molar-refractivity contribution is -0.136. The molecule has 52 heavy (non-hydrogen) atoms. The minimum absolute atomic E-state index is 0.0234. The monoisotopic (exact) mass is 745 g/mol. The molecule has 0 bridgehead atoms. The Labute approximate surface area is 314 Å². The lowest BCUT2D eigenvalue weighted by Gasteiger charge is -2.31. The van der Waals surface area contributed by atoms with Gasteiger partial charge in [0.1, 0.15) is 5.75 Å². The van der Waals surface area contributed by atoms with Crippen LogP contribution in [-0.2, 0) is 36.1 Å². The Kier molecular flexibility index (Phi) is 10.1. The number of rotatable bonds is 10. The Morgan fingerprint density at radius 2 is 1.94 bits per heavy atom. The number of carbonyl (C=O) groups is 3. The third-order valence-corrected chi connectivity index (χ3v) is 11.0. The van der Waals surface area contributed by atoms with Gasteiger partial charge in [-0.3, -0.25) is 24.3 Å². The number of carbonyl (C=O) groups excluding carboxylic acids is 3. The maximum atomic E-state index is 13.7. The highest BCUT2D eigenvalue weighted by molar-refractivity contribution is 6.39. The number of halogens is 2. The summed E-state index contributed by atoms with van der Waals surface area (Å²) in [7, 11) is 3.53. The average molecular weight is 747 g/mol. The number of ether oxygens (including phenoxy) is 1. The van der Waals surface area contributed by atoms with Crippen LogP contribution in [0.3, 0.4) is 0 Å². The molecule has 3 N–H and O–H groups in total. The molecule has 0 spiro atoms. The van der Waals surface area contributed by atoms with Gasteiger partial charge >= 0.3 is 0 Å². The second-order valence-corrected chi connectivity index (χ2v) is 14.2. The molecule has 272 valence electrons. The quantitative estimate of drug-likeness (QED) is 0.205. The van der Waals surface area contributed by atoms with Gasteiger partial charge < -0.3 is 30.2 Å². The highest BCUT2D eigenvalue weighted by Gasteiger charge is 2.35. The number of pyridine rings is 1. The fourth-order valence-corrected chi connectivity index (χ4v) is 7.95. The molecule has 2 aromatic heterocycles. The van der Waals surface area contributed by atoms with E-state index in [2.05, 4.69) is 25.9 Å². The number of imidazole rings is 1. The molecule has 4 aromatic rings. The van der Waals surface area contributed by atoms with Crippen LogP contribution in [0.15, 0.2) is 48.7 Å².